The molecule has 642 valence electrons. The number of pyridine rings is 3. The number of phenols is 1. The Hall–Kier alpha value is -12.8. The van der Waals surface area contributed by atoms with Gasteiger partial charge in [0.25, 0.3) is 10.1 Å². The van der Waals surface area contributed by atoms with Gasteiger partial charge in [0.05, 0.1) is 81.6 Å². The number of ether oxygens (including phenoxy) is 12. The van der Waals surface area contributed by atoms with E-state index in [1.54, 1.807) is 138 Å². The van der Waals surface area contributed by atoms with Gasteiger partial charge in [-0.1, -0.05) is 99.7 Å². The molecular formula is C94H101F3N6O18S. The molecule has 5 N–H and O–H groups in total. The van der Waals surface area contributed by atoms with Crippen LogP contribution in [-0.2, 0) is 56.3 Å². The first-order chi connectivity index (χ1) is 57.2. The van der Waals surface area contributed by atoms with Crippen LogP contribution in [0.15, 0.2) is 175 Å². The van der Waals surface area contributed by atoms with Crippen LogP contribution < -0.4 is 63.7 Å². The zero-order valence-corrected chi connectivity index (χ0v) is 67.8. The number of aromatic nitrogens is 3. The number of phenolic OH excluding ortho intramolecular Hbond substituents is 1. The minimum Gasteiger partial charge on any atom is -0.504 e. The number of nitrogens with zero attached hydrogens (tertiary/aromatic N) is 3. The monoisotopic (exact) mass is 1690 g/mol. The van der Waals surface area contributed by atoms with Crippen molar-refractivity contribution >= 4 is 73.2 Å². The summed E-state index contributed by atoms with van der Waals surface area (Å²) in [5, 5.41) is 17.5. The van der Waals surface area contributed by atoms with E-state index >= 15 is 8.78 Å². The summed E-state index contributed by atoms with van der Waals surface area (Å²) >= 11 is 0. The third kappa shape index (κ3) is 21.7. The van der Waals surface area contributed by atoms with Crippen molar-refractivity contribution < 1.29 is 97.3 Å². The van der Waals surface area contributed by atoms with Gasteiger partial charge in [-0.3, -0.25) is 19.1 Å². The topological polar surface area (TPSA) is 297 Å². The fraction of sp³-hybridized carbons (Fsp3) is 0.309. The minimum atomic E-state index is -3.52. The molecule has 0 aliphatic heterocycles. The quantitative estimate of drug-likeness (QED) is 0.0366. The summed E-state index contributed by atoms with van der Waals surface area (Å²) in [6.45, 7) is 6.83. The number of aromatic hydroxyl groups is 1. The molecule has 24 nitrogen and oxygen atoms in total. The number of rotatable bonds is 26. The molecule has 0 radical (unpaired) electrons. The van der Waals surface area contributed by atoms with Crippen LogP contribution in [0.3, 0.4) is 0 Å². The lowest BCUT2D eigenvalue weighted by Crippen LogP contribution is -2.41. The highest BCUT2D eigenvalue weighted by Gasteiger charge is 2.47. The van der Waals surface area contributed by atoms with Crippen molar-refractivity contribution in [2.75, 3.05) is 61.6 Å². The molecule has 28 heteroatoms. The van der Waals surface area contributed by atoms with Gasteiger partial charge in [-0.2, -0.15) is 8.42 Å². The van der Waals surface area contributed by atoms with Crippen molar-refractivity contribution in [2.24, 2.45) is 5.73 Å². The summed E-state index contributed by atoms with van der Waals surface area (Å²) < 4.78 is 139. The van der Waals surface area contributed by atoms with Gasteiger partial charge in [-0.05, 0) is 185 Å². The lowest BCUT2D eigenvalue weighted by Gasteiger charge is -2.20. The van der Waals surface area contributed by atoms with E-state index in [9.17, 15) is 27.5 Å². The van der Waals surface area contributed by atoms with Crippen LogP contribution >= 0.6 is 0 Å². The number of fused-ring (bicyclic) bond motifs is 6. The predicted octanol–water partition coefficient (Wildman–Crippen LogP) is 20.2. The summed E-state index contributed by atoms with van der Waals surface area (Å²) in [5.41, 5.74) is 16.3. The molecule has 0 saturated heterocycles. The predicted molar refractivity (Wildman–Crippen MR) is 463 cm³/mol. The van der Waals surface area contributed by atoms with Crippen LogP contribution in [0.5, 0.6) is 80.5 Å². The average Bonchev–Trinajstić information content (AvgIpc) is 1.79. The number of carbonyl (C=O) groups excluding carboxylic acids is 2. The first-order valence-electron chi connectivity index (χ1n) is 38.3. The molecule has 3 fully saturated rings. The summed E-state index contributed by atoms with van der Waals surface area (Å²) in [6.07, 6.45) is 17.3. The molecule has 8 aromatic carbocycles. The minimum absolute atomic E-state index is 0. The summed E-state index contributed by atoms with van der Waals surface area (Å²) in [5.74, 6) is 4.60. The van der Waals surface area contributed by atoms with Gasteiger partial charge in [-0.25, -0.2) is 22.8 Å². The van der Waals surface area contributed by atoms with E-state index in [-0.39, 0.29) is 94.7 Å². The first-order valence-corrected chi connectivity index (χ1v) is 40.2. The van der Waals surface area contributed by atoms with Gasteiger partial charge < -0.3 is 78.3 Å². The molecule has 6 aliphatic rings. The number of hydrogen-bond acceptors (Lipinski definition) is 22. The van der Waals surface area contributed by atoms with E-state index in [1.165, 1.54) is 13.2 Å². The Bertz CT molecular complexity index is 5920. The maximum absolute atomic E-state index is 15.2. The maximum Gasteiger partial charge on any atom is 0.408 e. The van der Waals surface area contributed by atoms with Gasteiger partial charge in [0.15, 0.2) is 69.2 Å². The molecule has 3 saturated carbocycles. The van der Waals surface area contributed by atoms with Crippen LogP contribution in [0.4, 0.5) is 22.8 Å². The molecule has 0 atom stereocenters. The molecular weight excluding hydrogens is 1590 g/mol. The van der Waals surface area contributed by atoms with Crippen LogP contribution in [0.1, 0.15) is 126 Å². The highest BCUT2D eigenvalue weighted by Crippen LogP contribution is 2.46. The second-order valence-electron chi connectivity index (χ2n) is 30.2. The lowest BCUT2D eigenvalue weighted by atomic mass is 10.1. The molecule has 2 amide bonds. The normalized spacial score (nSPS) is 14.5. The van der Waals surface area contributed by atoms with Crippen molar-refractivity contribution in [3.63, 3.8) is 0 Å². The van der Waals surface area contributed by atoms with Gasteiger partial charge in [-0.15, -0.1) is 0 Å². The number of carbonyl (C=O) groups is 2. The number of nitrogens with one attached hydrogen (secondary N) is 2. The molecule has 3 heterocycles. The van der Waals surface area contributed by atoms with Crippen molar-refractivity contribution in [1.82, 2.24) is 25.6 Å². The Morgan fingerprint density at radius 1 is 0.434 bits per heavy atom. The van der Waals surface area contributed by atoms with Gasteiger partial charge in [0.1, 0.15) is 55.2 Å². The standard InChI is InChI=1S/C33H31FN2O6.C24H23FN2O3.C20H16FNO3.C14H19NO6S.3CH4/c1-20-14-22-6-9-28(31(34)24(22)15-20)42-27-10-13-35-26-17-30(29(39-3)16-25(26)27)41-19-33(11-12-33)36-32(37)40-18-21-4-7-23(38-2)8-5-21;1-14-9-15-3-4-20(23(25)16(15)10-14)30-19-5-8-27-18-12-22(21(28-2)11-17(18)19)29-13-24(26)6-7-24;1-11-7-12-3-4-18(20(21)13(12)8-11)25-17-5-6-22-15-10-16(23)19(24-2)9-14(15)17;1-19-12-5-3-11(4-6-12)9-20-13(16)15-14(7-8-14)10-21-22(2,17)18;;;/h4-10,13,15-17H,11-12,14,18-19H2,1-3H3,(H,36,37);3-5,8,10-12H,6-7,9,13,26H2,1-2H3;3-6,8-10,23H,7H2,1-2H3;3-6H,7-10H2,1-2H3,(H,15,16);3*1H4. The number of amides is 2. The second-order valence-corrected chi connectivity index (χ2v) is 31.9. The molecule has 17 rings (SSSR count). The molecule has 0 bridgehead atoms. The van der Waals surface area contributed by atoms with Gasteiger partial charge in [0.2, 0.25) is 0 Å². The Labute approximate surface area is 707 Å². The van der Waals surface area contributed by atoms with Crippen LogP contribution in [0, 0.1) is 17.5 Å². The molecule has 0 unspecified atom stereocenters. The number of methoxy groups -OCH3 is 5. The molecule has 3 aromatic heterocycles. The number of alkyl carbamates (subject to hydrolysis) is 2. The lowest BCUT2D eigenvalue weighted by molar-refractivity contribution is 0.128. The smallest absolute Gasteiger partial charge is 0.408 e. The number of allylic oxidation sites excluding steroid dienone is 3. The van der Waals surface area contributed by atoms with Crippen molar-refractivity contribution in [3.05, 3.63) is 237 Å². The van der Waals surface area contributed by atoms with E-state index < -0.39 is 33.4 Å². The fourth-order valence-electron chi connectivity index (χ4n) is 13.6. The SMILES string of the molecule is C.C.C.COc1cc2c(Oc3ccc4c(c3F)C=C(C)C4)ccnc2cc1O.COc1cc2c(Oc3ccc4c(c3F)C=C(C)C4)ccnc2cc1OCC1(N)CC1.COc1ccc(COC(=O)NC2(COS(C)(=O)=O)CC2)cc1.COc1ccc(COC(=O)NC2(COc3cc4nccc(Oc5ccc6c(c5F)C=C(C)C6)c4cc3OC)CC2)cc1. The van der Waals surface area contributed by atoms with E-state index in [2.05, 4.69) is 25.6 Å². The molecule has 6 aliphatic carbocycles. The highest BCUT2D eigenvalue weighted by molar-refractivity contribution is 7.86. The summed E-state index contributed by atoms with van der Waals surface area (Å²) in [7, 11) is 4.24. The number of halogens is 3. The Morgan fingerprint density at radius 3 is 1.13 bits per heavy atom. The number of hydrogen-bond donors (Lipinski definition) is 4. The van der Waals surface area contributed by atoms with Gasteiger partial charge in [0, 0.05) is 69.6 Å². The maximum atomic E-state index is 15.2. The Kier molecular flexibility index (Phi) is 28.2. The van der Waals surface area contributed by atoms with Crippen LogP contribution in [0.25, 0.3) is 50.9 Å². The number of benzene rings is 8. The van der Waals surface area contributed by atoms with Crippen molar-refractivity contribution in [2.45, 2.75) is 131 Å². The molecule has 0 spiro atoms. The van der Waals surface area contributed by atoms with Crippen molar-refractivity contribution in [3.8, 4) is 80.5 Å². The van der Waals surface area contributed by atoms with Gasteiger partial charge >= 0.3 is 12.2 Å². The van der Waals surface area contributed by atoms with Crippen LogP contribution in [-0.4, -0.2) is 119 Å². The number of nitrogens with two attached hydrogens (primary N) is 1. The Balaban J connectivity index is 0.000000162. The zero-order chi connectivity index (χ0) is 83.9. The molecule has 11 aromatic rings. The van der Waals surface area contributed by atoms with E-state index in [0.29, 0.717) is 115 Å². The van der Waals surface area contributed by atoms with Crippen LogP contribution in [0.2, 0.25) is 0 Å². The third-order valence-electron chi connectivity index (χ3n) is 20.9. The fourth-order valence-corrected chi connectivity index (χ4v) is 14.1. The Morgan fingerprint density at radius 2 is 0.787 bits per heavy atom. The van der Waals surface area contributed by atoms with Crippen molar-refractivity contribution in [1.29, 1.82) is 0 Å². The van der Waals surface area contributed by atoms with E-state index in [1.807, 2.05) is 81.5 Å². The first kappa shape index (κ1) is 90.0. The van der Waals surface area contributed by atoms with E-state index in [0.717, 1.165) is 107 Å². The second kappa shape index (κ2) is 38.3. The third-order valence-corrected chi connectivity index (χ3v) is 21.4. The largest absolute Gasteiger partial charge is 0.504 e. The van der Waals surface area contributed by atoms with E-state index in [4.69, 9.17) is 66.8 Å². The average molecular weight is 1690 g/mol. The zero-order valence-electron chi connectivity index (χ0n) is 67.0. The molecule has 122 heavy (non-hydrogen) atoms. The summed E-state index contributed by atoms with van der Waals surface area (Å²) in [6, 6.07) is 40.5. The summed E-state index contributed by atoms with van der Waals surface area (Å²) in [4.78, 5) is 37.4. The highest BCUT2D eigenvalue weighted by atomic mass is 32.2.